The molecular weight excluding hydrogens is 512 g/mol. The van der Waals surface area contributed by atoms with E-state index in [0.717, 1.165) is 34.0 Å². The number of aromatic nitrogens is 1. The molecule has 1 aliphatic carbocycles. The molecule has 0 aliphatic heterocycles. The molecule has 196 valence electrons. The summed E-state index contributed by atoms with van der Waals surface area (Å²) in [6, 6.07) is 19.4. The van der Waals surface area contributed by atoms with Crippen LogP contribution in [-0.4, -0.2) is 22.7 Å². The van der Waals surface area contributed by atoms with Crippen LogP contribution in [0.25, 0.3) is 22.2 Å². The number of imide groups is 1. The monoisotopic (exact) mass is 538 g/mol. The number of nitrogens with zero attached hydrogens (tertiary/aromatic N) is 1. The minimum Gasteiger partial charge on any atom is -0.402 e. The van der Waals surface area contributed by atoms with Crippen LogP contribution in [-0.2, 0) is 4.79 Å². The van der Waals surface area contributed by atoms with E-state index in [0.29, 0.717) is 51.6 Å². The smallest absolute Gasteiger partial charge is 0.258 e. The molecule has 4 N–H and O–H groups in total. The standard InChI is InChI=1S/C31H27ClN4O3/c1-17-14-18(2)28-23(15-17)24(16-27(35-28)21-6-3-4-8-25(21)32)31(39)34-20-12-10-19(11-13-20)29(37)36-30(38)22-7-5-9-26(22)33/h3-4,6,8,10-16H,5,7,9,33H2,1-2H3,(H,34,39)(H,36,37,38). The van der Waals surface area contributed by atoms with Crippen molar-refractivity contribution in [2.75, 3.05) is 5.32 Å². The minimum absolute atomic E-state index is 0.292. The molecule has 7 nitrogen and oxygen atoms in total. The maximum absolute atomic E-state index is 13.5. The number of allylic oxidation sites excluding steroid dienone is 1. The maximum Gasteiger partial charge on any atom is 0.258 e. The number of nitrogens with two attached hydrogens (primary N) is 1. The van der Waals surface area contributed by atoms with E-state index in [9.17, 15) is 14.4 Å². The predicted octanol–water partition coefficient (Wildman–Crippen LogP) is 6.08. The van der Waals surface area contributed by atoms with Crippen molar-refractivity contribution in [2.45, 2.75) is 33.1 Å². The number of hydrogen-bond donors (Lipinski definition) is 3. The average Bonchev–Trinajstić information content (AvgIpc) is 3.35. The molecule has 0 radical (unpaired) electrons. The van der Waals surface area contributed by atoms with Crippen molar-refractivity contribution in [2.24, 2.45) is 5.73 Å². The van der Waals surface area contributed by atoms with E-state index < -0.39 is 11.8 Å². The molecule has 3 aromatic carbocycles. The third kappa shape index (κ3) is 5.40. The first-order chi connectivity index (χ1) is 18.7. The molecule has 3 amide bonds. The topological polar surface area (TPSA) is 114 Å². The van der Waals surface area contributed by atoms with Gasteiger partial charge in [-0.2, -0.15) is 0 Å². The van der Waals surface area contributed by atoms with Gasteiger partial charge in [0.1, 0.15) is 0 Å². The highest BCUT2D eigenvalue weighted by Gasteiger charge is 2.21. The first kappa shape index (κ1) is 26.1. The van der Waals surface area contributed by atoms with Gasteiger partial charge in [0, 0.05) is 38.5 Å². The summed E-state index contributed by atoms with van der Waals surface area (Å²) < 4.78 is 0. The number of hydrogen-bond acceptors (Lipinski definition) is 5. The lowest BCUT2D eigenvalue weighted by molar-refractivity contribution is -0.116. The number of halogens is 1. The fourth-order valence-electron chi connectivity index (χ4n) is 4.86. The number of rotatable bonds is 5. The van der Waals surface area contributed by atoms with E-state index in [-0.39, 0.29) is 5.91 Å². The van der Waals surface area contributed by atoms with Crippen LogP contribution in [0, 0.1) is 13.8 Å². The molecule has 0 bridgehead atoms. The molecule has 1 aliphatic rings. The Labute approximate surface area is 231 Å². The van der Waals surface area contributed by atoms with Gasteiger partial charge in [-0.1, -0.05) is 41.4 Å². The molecule has 0 saturated heterocycles. The van der Waals surface area contributed by atoms with Gasteiger partial charge < -0.3 is 11.1 Å². The number of pyridine rings is 1. The highest BCUT2D eigenvalue weighted by molar-refractivity contribution is 6.33. The van der Waals surface area contributed by atoms with Crippen molar-refractivity contribution in [3.63, 3.8) is 0 Å². The molecule has 4 aromatic rings. The van der Waals surface area contributed by atoms with Crippen molar-refractivity contribution in [1.82, 2.24) is 10.3 Å². The van der Waals surface area contributed by atoms with E-state index >= 15 is 0 Å². The Morgan fingerprint density at radius 1 is 0.897 bits per heavy atom. The van der Waals surface area contributed by atoms with Gasteiger partial charge in [-0.3, -0.25) is 19.7 Å². The minimum atomic E-state index is -0.527. The van der Waals surface area contributed by atoms with Crippen LogP contribution in [0.3, 0.4) is 0 Å². The van der Waals surface area contributed by atoms with E-state index in [1.807, 2.05) is 44.2 Å². The summed E-state index contributed by atoms with van der Waals surface area (Å²) >= 11 is 6.45. The molecule has 1 aromatic heterocycles. The molecule has 0 fully saturated rings. The van der Waals surface area contributed by atoms with E-state index in [4.69, 9.17) is 22.3 Å². The lowest BCUT2D eigenvalue weighted by Crippen LogP contribution is -2.32. The summed E-state index contributed by atoms with van der Waals surface area (Å²) in [5.74, 6) is -1.31. The Hall–Kier alpha value is -4.49. The van der Waals surface area contributed by atoms with Crippen LogP contribution in [0.4, 0.5) is 5.69 Å². The van der Waals surface area contributed by atoms with Crippen molar-refractivity contribution >= 4 is 45.9 Å². The second-order valence-corrected chi connectivity index (χ2v) is 10.1. The van der Waals surface area contributed by atoms with Gasteiger partial charge in [0.25, 0.3) is 17.7 Å². The number of carbonyl (C=O) groups excluding carboxylic acids is 3. The van der Waals surface area contributed by atoms with Crippen LogP contribution < -0.4 is 16.4 Å². The van der Waals surface area contributed by atoms with E-state index in [1.165, 1.54) is 0 Å². The summed E-state index contributed by atoms with van der Waals surface area (Å²) in [5.41, 5.74) is 12.1. The zero-order chi connectivity index (χ0) is 27.7. The molecule has 1 heterocycles. The van der Waals surface area contributed by atoms with Crippen LogP contribution >= 0.6 is 11.6 Å². The van der Waals surface area contributed by atoms with Gasteiger partial charge in [-0.25, -0.2) is 4.98 Å². The largest absolute Gasteiger partial charge is 0.402 e. The lowest BCUT2D eigenvalue weighted by Gasteiger charge is -2.14. The highest BCUT2D eigenvalue weighted by Crippen LogP contribution is 2.32. The molecule has 8 heteroatoms. The molecule has 0 atom stereocenters. The molecule has 0 saturated carbocycles. The maximum atomic E-state index is 13.5. The number of amides is 3. The lowest BCUT2D eigenvalue weighted by atomic mass is 9.99. The Kier molecular flexibility index (Phi) is 7.17. The third-order valence-electron chi connectivity index (χ3n) is 6.81. The Bertz CT molecular complexity index is 1680. The second kappa shape index (κ2) is 10.7. The first-order valence-electron chi connectivity index (χ1n) is 12.6. The molecule has 0 spiro atoms. The predicted molar refractivity (Wildman–Crippen MR) is 154 cm³/mol. The summed E-state index contributed by atoms with van der Waals surface area (Å²) in [6.07, 6.45) is 2.04. The fraction of sp³-hybridized carbons (Fsp3) is 0.161. The van der Waals surface area contributed by atoms with Crippen LogP contribution in [0.5, 0.6) is 0 Å². The number of nitrogens with one attached hydrogen (secondary N) is 2. The summed E-state index contributed by atoms with van der Waals surface area (Å²) in [5, 5.41) is 6.58. The van der Waals surface area contributed by atoms with Crippen LogP contribution in [0.2, 0.25) is 5.02 Å². The SMILES string of the molecule is Cc1cc(C)c2nc(-c3ccccc3Cl)cc(C(=O)Nc3ccc(C(=O)NC(=O)C4=C(N)CCC4)cc3)c2c1. The summed E-state index contributed by atoms with van der Waals surface area (Å²) in [4.78, 5) is 43.3. The molecule has 39 heavy (non-hydrogen) atoms. The van der Waals surface area contributed by atoms with Crippen LogP contribution in [0.1, 0.15) is 51.1 Å². The van der Waals surface area contributed by atoms with E-state index in [2.05, 4.69) is 10.6 Å². The van der Waals surface area contributed by atoms with Crippen molar-refractivity contribution in [3.8, 4) is 11.3 Å². The van der Waals surface area contributed by atoms with Gasteiger partial charge in [-0.15, -0.1) is 0 Å². The average molecular weight is 539 g/mol. The van der Waals surface area contributed by atoms with Gasteiger partial charge in [0.15, 0.2) is 0 Å². The number of carbonyl (C=O) groups is 3. The Balaban J connectivity index is 1.41. The number of aryl methyl sites for hydroxylation is 2. The third-order valence-corrected chi connectivity index (χ3v) is 7.14. The van der Waals surface area contributed by atoms with Gasteiger partial charge >= 0.3 is 0 Å². The summed E-state index contributed by atoms with van der Waals surface area (Å²) in [6.45, 7) is 3.94. The zero-order valence-electron chi connectivity index (χ0n) is 21.6. The van der Waals surface area contributed by atoms with Crippen molar-refractivity contribution in [1.29, 1.82) is 0 Å². The Morgan fingerprint density at radius 2 is 1.64 bits per heavy atom. The second-order valence-electron chi connectivity index (χ2n) is 9.68. The summed E-state index contributed by atoms with van der Waals surface area (Å²) in [7, 11) is 0. The number of anilines is 1. The fourth-order valence-corrected chi connectivity index (χ4v) is 5.09. The number of benzene rings is 3. The van der Waals surface area contributed by atoms with Gasteiger partial charge in [-0.05, 0) is 81.1 Å². The van der Waals surface area contributed by atoms with Gasteiger partial charge in [0.2, 0.25) is 0 Å². The quantitative estimate of drug-likeness (QED) is 0.266. The Morgan fingerprint density at radius 3 is 2.33 bits per heavy atom. The molecule has 5 rings (SSSR count). The highest BCUT2D eigenvalue weighted by atomic mass is 35.5. The normalized spacial score (nSPS) is 13.0. The first-order valence-corrected chi connectivity index (χ1v) is 13.0. The molecule has 0 unspecified atom stereocenters. The molecular formula is C31H27ClN4O3. The van der Waals surface area contributed by atoms with Crippen molar-refractivity contribution in [3.05, 3.63) is 105 Å². The van der Waals surface area contributed by atoms with Gasteiger partial charge in [0.05, 0.1) is 16.8 Å². The van der Waals surface area contributed by atoms with Crippen molar-refractivity contribution < 1.29 is 14.4 Å². The van der Waals surface area contributed by atoms with Crippen LogP contribution in [0.15, 0.2) is 78.0 Å². The zero-order valence-corrected chi connectivity index (χ0v) is 22.4. The number of fused-ring (bicyclic) bond motifs is 1. The van der Waals surface area contributed by atoms with E-state index in [1.54, 1.807) is 36.4 Å².